The summed E-state index contributed by atoms with van der Waals surface area (Å²) < 4.78 is 16.2. The summed E-state index contributed by atoms with van der Waals surface area (Å²) >= 11 is 0. The zero-order valence-electron chi connectivity index (χ0n) is 18.3. The minimum atomic E-state index is 0.468. The van der Waals surface area contributed by atoms with Crippen molar-refractivity contribution in [3.05, 3.63) is 66.5 Å². The van der Waals surface area contributed by atoms with Gasteiger partial charge in [0.1, 0.15) is 11.6 Å². The van der Waals surface area contributed by atoms with Gasteiger partial charge in [0, 0.05) is 42.0 Å². The second-order valence-electron chi connectivity index (χ2n) is 6.97. The zero-order valence-corrected chi connectivity index (χ0v) is 18.3. The standard InChI is InChI=1S/C24H25N5O3/c1-30-18-9-7-17(8-10-18)27-24-28-20-15-22(32-3)21(31-2)14-19(20)23(29-24)26-13-11-16-6-4-5-12-25-16/h4-10,12,14-15H,11,13H2,1-3H3,(H2,26,27,28,29). The molecule has 0 spiro atoms. The first-order valence-electron chi connectivity index (χ1n) is 10.2. The largest absolute Gasteiger partial charge is 0.497 e. The summed E-state index contributed by atoms with van der Waals surface area (Å²) in [6.07, 6.45) is 2.56. The molecule has 4 aromatic rings. The molecule has 2 aromatic carbocycles. The molecule has 8 heteroatoms. The van der Waals surface area contributed by atoms with E-state index in [1.165, 1.54) is 0 Å². The zero-order chi connectivity index (χ0) is 22.3. The van der Waals surface area contributed by atoms with Gasteiger partial charge in [-0.15, -0.1) is 0 Å². The Morgan fingerprint density at radius 2 is 1.62 bits per heavy atom. The average molecular weight is 431 g/mol. The normalized spacial score (nSPS) is 10.6. The number of fused-ring (bicyclic) bond motifs is 1. The fraction of sp³-hybridized carbons (Fsp3) is 0.208. The molecule has 0 amide bonds. The molecule has 0 saturated heterocycles. The molecule has 2 heterocycles. The van der Waals surface area contributed by atoms with Gasteiger partial charge in [0.2, 0.25) is 5.95 Å². The summed E-state index contributed by atoms with van der Waals surface area (Å²) in [7, 11) is 4.85. The molecule has 0 saturated carbocycles. The van der Waals surface area contributed by atoms with E-state index in [0.29, 0.717) is 29.8 Å². The van der Waals surface area contributed by atoms with Gasteiger partial charge in [-0.1, -0.05) is 6.07 Å². The Labute approximate surface area is 186 Å². The maximum absolute atomic E-state index is 5.48. The highest BCUT2D eigenvalue weighted by atomic mass is 16.5. The second-order valence-corrected chi connectivity index (χ2v) is 6.97. The molecule has 0 fully saturated rings. The van der Waals surface area contributed by atoms with Crippen LogP contribution in [0.2, 0.25) is 0 Å². The lowest BCUT2D eigenvalue weighted by Gasteiger charge is -2.14. The Morgan fingerprint density at radius 1 is 0.844 bits per heavy atom. The first-order valence-corrected chi connectivity index (χ1v) is 10.2. The number of nitrogens with zero attached hydrogens (tertiary/aromatic N) is 3. The third kappa shape index (κ3) is 4.80. The van der Waals surface area contributed by atoms with E-state index in [4.69, 9.17) is 19.2 Å². The fourth-order valence-corrected chi connectivity index (χ4v) is 3.30. The predicted octanol–water partition coefficient (Wildman–Crippen LogP) is 4.45. The van der Waals surface area contributed by atoms with Crippen LogP contribution in [-0.4, -0.2) is 42.8 Å². The van der Waals surface area contributed by atoms with Crippen LogP contribution < -0.4 is 24.8 Å². The highest BCUT2D eigenvalue weighted by molar-refractivity contribution is 5.93. The van der Waals surface area contributed by atoms with Crippen molar-refractivity contribution in [1.29, 1.82) is 0 Å². The monoisotopic (exact) mass is 431 g/mol. The molecule has 0 atom stereocenters. The van der Waals surface area contributed by atoms with Gasteiger partial charge in [-0.05, 0) is 42.5 Å². The maximum Gasteiger partial charge on any atom is 0.229 e. The summed E-state index contributed by atoms with van der Waals surface area (Å²) in [6.45, 7) is 0.666. The summed E-state index contributed by atoms with van der Waals surface area (Å²) in [5.74, 6) is 3.17. The molecule has 8 nitrogen and oxygen atoms in total. The lowest BCUT2D eigenvalue weighted by molar-refractivity contribution is 0.356. The number of benzene rings is 2. The fourth-order valence-electron chi connectivity index (χ4n) is 3.30. The van der Waals surface area contributed by atoms with Crippen LogP contribution in [0, 0.1) is 0 Å². The molecule has 0 aliphatic rings. The first kappa shape index (κ1) is 21.2. The summed E-state index contributed by atoms with van der Waals surface area (Å²) in [6, 6.07) is 17.2. The van der Waals surface area contributed by atoms with E-state index in [-0.39, 0.29) is 0 Å². The van der Waals surface area contributed by atoms with Gasteiger partial charge in [-0.3, -0.25) is 4.98 Å². The SMILES string of the molecule is COc1ccc(Nc2nc(NCCc3ccccn3)c3cc(OC)c(OC)cc3n2)cc1. The highest BCUT2D eigenvalue weighted by Crippen LogP contribution is 2.35. The van der Waals surface area contributed by atoms with Crippen LogP contribution in [0.1, 0.15) is 5.69 Å². The highest BCUT2D eigenvalue weighted by Gasteiger charge is 2.14. The van der Waals surface area contributed by atoms with Gasteiger partial charge in [0.25, 0.3) is 0 Å². The lowest BCUT2D eigenvalue weighted by Crippen LogP contribution is -2.09. The van der Waals surface area contributed by atoms with E-state index in [0.717, 1.165) is 34.5 Å². The molecule has 2 aromatic heterocycles. The number of pyridine rings is 1. The molecule has 0 unspecified atom stereocenters. The maximum atomic E-state index is 5.48. The number of hydrogen-bond donors (Lipinski definition) is 2. The Hall–Kier alpha value is -4.07. The van der Waals surface area contributed by atoms with E-state index < -0.39 is 0 Å². The van der Waals surface area contributed by atoms with Gasteiger partial charge in [0.05, 0.1) is 26.8 Å². The summed E-state index contributed by atoms with van der Waals surface area (Å²) in [5, 5.41) is 7.52. The van der Waals surface area contributed by atoms with Crippen LogP contribution in [0.3, 0.4) is 0 Å². The van der Waals surface area contributed by atoms with Crippen molar-refractivity contribution in [3.8, 4) is 17.2 Å². The van der Waals surface area contributed by atoms with Gasteiger partial charge >= 0.3 is 0 Å². The van der Waals surface area contributed by atoms with Crippen LogP contribution in [-0.2, 0) is 6.42 Å². The van der Waals surface area contributed by atoms with Crippen molar-refractivity contribution in [2.24, 2.45) is 0 Å². The number of hydrogen-bond acceptors (Lipinski definition) is 8. The van der Waals surface area contributed by atoms with Gasteiger partial charge in [-0.25, -0.2) is 4.98 Å². The lowest BCUT2D eigenvalue weighted by atomic mass is 10.2. The van der Waals surface area contributed by atoms with Crippen LogP contribution in [0.15, 0.2) is 60.8 Å². The number of methoxy groups -OCH3 is 3. The minimum Gasteiger partial charge on any atom is -0.497 e. The van der Waals surface area contributed by atoms with Crippen LogP contribution >= 0.6 is 0 Å². The van der Waals surface area contributed by atoms with Crippen LogP contribution in [0.25, 0.3) is 10.9 Å². The quantitative estimate of drug-likeness (QED) is 0.402. The summed E-state index contributed by atoms with van der Waals surface area (Å²) in [5.41, 5.74) is 2.59. The van der Waals surface area contributed by atoms with Crippen molar-refractivity contribution < 1.29 is 14.2 Å². The molecule has 0 aliphatic carbocycles. The van der Waals surface area contributed by atoms with E-state index in [9.17, 15) is 0 Å². The molecular formula is C24H25N5O3. The first-order chi connectivity index (χ1) is 15.7. The van der Waals surface area contributed by atoms with Crippen molar-refractivity contribution in [3.63, 3.8) is 0 Å². The van der Waals surface area contributed by atoms with Crippen molar-refractivity contribution in [1.82, 2.24) is 15.0 Å². The van der Waals surface area contributed by atoms with Gasteiger partial charge < -0.3 is 24.8 Å². The van der Waals surface area contributed by atoms with Crippen molar-refractivity contribution in [2.75, 3.05) is 38.5 Å². The molecule has 164 valence electrons. The van der Waals surface area contributed by atoms with Gasteiger partial charge in [-0.2, -0.15) is 4.98 Å². The third-order valence-electron chi connectivity index (χ3n) is 4.95. The Balaban J connectivity index is 1.66. The summed E-state index contributed by atoms with van der Waals surface area (Å²) in [4.78, 5) is 13.8. The van der Waals surface area contributed by atoms with Crippen LogP contribution in [0.5, 0.6) is 17.2 Å². The Morgan fingerprint density at radius 3 is 2.31 bits per heavy atom. The Kier molecular flexibility index (Phi) is 6.50. The predicted molar refractivity (Wildman–Crippen MR) is 125 cm³/mol. The van der Waals surface area contributed by atoms with Crippen LogP contribution in [0.4, 0.5) is 17.5 Å². The molecule has 0 bridgehead atoms. The molecule has 32 heavy (non-hydrogen) atoms. The molecule has 2 N–H and O–H groups in total. The molecule has 0 radical (unpaired) electrons. The average Bonchev–Trinajstić information content (AvgIpc) is 2.84. The third-order valence-corrected chi connectivity index (χ3v) is 4.95. The van der Waals surface area contributed by atoms with Crippen molar-refractivity contribution in [2.45, 2.75) is 6.42 Å². The number of ether oxygens (including phenoxy) is 3. The topological polar surface area (TPSA) is 90.4 Å². The Bertz CT molecular complexity index is 1180. The van der Waals surface area contributed by atoms with Gasteiger partial charge in [0.15, 0.2) is 11.5 Å². The van der Waals surface area contributed by atoms with E-state index in [2.05, 4.69) is 20.6 Å². The molecule has 4 rings (SSSR count). The molecule has 0 aliphatic heterocycles. The van der Waals surface area contributed by atoms with Crippen molar-refractivity contribution >= 4 is 28.4 Å². The van der Waals surface area contributed by atoms with E-state index >= 15 is 0 Å². The van der Waals surface area contributed by atoms with E-state index in [1.54, 1.807) is 27.5 Å². The van der Waals surface area contributed by atoms with E-state index in [1.807, 2.05) is 54.6 Å². The number of anilines is 3. The number of aromatic nitrogens is 3. The number of rotatable bonds is 9. The second kappa shape index (κ2) is 9.82. The minimum absolute atomic E-state index is 0.468. The number of nitrogens with one attached hydrogen (secondary N) is 2. The smallest absolute Gasteiger partial charge is 0.229 e. The molecular weight excluding hydrogens is 406 g/mol.